The highest BCUT2D eigenvalue weighted by molar-refractivity contribution is 9.11. The van der Waals surface area contributed by atoms with Crippen LogP contribution in [0.3, 0.4) is 0 Å². The molecule has 0 spiro atoms. The number of fused-ring (bicyclic) bond motifs is 1. The number of nitrogens with zero attached hydrogens (tertiary/aromatic N) is 1. The van der Waals surface area contributed by atoms with Gasteiger partial charge in [-0.3, -0.25) is 10.1 Å². The lowest BCUT2D eigenvalue weighted by molar-refractivity contribution is -0.434. The van der Waals surface area contributed by atoms with Gasteiger partial charge in [0.2, 0.25) is 6.10 Å². The summed E-state index contributed by atoms with van der Waals surface area (Å²) in [6.07, 6.45) is 0.662. The zero-order chi connectivity index (χ0) is 18.1. The van der Waals surface area contributed by atoms with E-state index in [1.807, 2.05) is 6.07 Å². The molecule has 0 saturated heterocycles. The van der Waals surface area contributed by atoms with Crippen molar-refractivity contribution in [3.8, 4) is 17.2 Å². The maximum Gasteiger partial charge on any atom is 0.291 e. The van der Waals surface area contributed by atoms with E-state index in [0.29, 0.717) is 32.8 Å². The maximum atomic E-state index is 11.6. The normalized spacial score (nSPS) is 15.7. The zero-order valence-corrected chi connectivity index (χ0v) is 16.5. The summed E-state index contributed by atoms with van der Waals surface area (Å²) in [4.78, 5) is 11.1. The van der Waals surface area contributed by atoms with E-state index in [1.165, 1.54) is 20.3 Å². The van der Waals surface area contributed by atoms with Crippen LogP contribution in [0.2, 0.25) is 0 Å². The maximum absolute atomic E-state index is 11.6. The van der Waals surface area contributed by atoms with E-state index in [2.05, 4.69) is 31.9 Å². The molecule has 0 bridgehead atoms. The van der Waals surface area contributed by atoms with Crippen LogP contribution in [0.15, 0.2) is 45.0 Å². The third kappa shape index (κ3) is 3.36. The number of hydrogen-bond donors (Lipinski definition) is 0. The van der Waals surface area contributed by atoms with Crippen molar-refractivity contribution in [1.29, 1.82) is 0 Å². The minimum atomic E-state index is -0.861. The second kappa shape index (κ2) is 7.05. The monoisotopic (exact) mass is 469 g/mol. The number of methoxy groups -OCH3 is 2. The summed E-state index contributed by atoms with van der Waals surface area (Å²) in [7, 11) is 3.04. The first-order valence-corrected chi connectivity index (χ1v) is 8.76. The summed E-state index contributed by atoms with van der Waals surface area (Å²) in [6.45, 7) is 0. The number of ether oxygens (including phenoxy) is 3. The molecule has 130 valence electrons. The van der Waals surface area contributed by atoms with Crippen LogP contribution >= 0.6 is 31.9 Å². The van der Waals surface area contributed by atoms with Crippen molar-refractivity contribution in [2.75, 3.05) is 14.2 Å². The summed E-state index contributed by atoms with van der Waals surface area (Å²) < 4.78 is 18.0. The topological polar surface area (TPSA) is 70.8 Å². The molecule has 1 atom stereocenters. The predicted molar refractivity (Wildman–Crippen MR) is 99.7 cm³/mol. The van der Waals surface area contributed by atoms with Gasteiger partial charge in [-0.15, -0.1) is 0 Å². The zero-order valence-electron chi connectivity index (χ0n) is 13.3. The summed E-state index contributed by atoms with van der Waals surface area (Å²) >= 11 is 6.82. The molecule has 1 aliphatic heterocycles. The standard InChI is InChI=1S/C17H13Br2NO5/c1-23-14-4-3-9(7-15(14)24-2)17-13(20(21)22)6-10-5-11(18)8-12(19)16(10)25-17/h3-8,17H,1-2H3. The van der Waals surface area contributed by atoms with Crippen molar-refractivity contribution >= 4 is 37.9 Å². The Morgan fingerprint density at radius 3 is 2.48 bits per heavy atom. The van der Waals surface area contributed by atoms with Crippen LogP contribution in [0.25, 0.3) is 6.08 Å². The Bertz CT molecular complexity index is 882. The minimum absolute atomic E-state index is 0.0512. The first-order valence-electron chi connectivity index (χ1n) is 7.18. The minimum Gasteiger partial charge on any atom is -0.493 e. The van der Waals surface area contributed by atoms with Crippen LogP contribution in [0.4, 0.5) is 0 Å². The molecule has 0 N–H and O–H groups in total. The van der Waals surface area contributed by atoms with Crippen LogP contribution in [-0.2, 0) is 0 Å². The van der Waals surface area contributed by atoms with Crippen LogP contribution in [-0.4, -0.2) is 19.1 Å². The molecule has 2 aromatic carbocycles. The lowest BCUT2D eigenvalue weighted by Crippen LogP contribution is -2.20. The average Bonchev–Trinajstić information content (AvgIpc) is 2.59. The molecule has 1 heterocycles. The molecule has 0 radical (unpaired) electrons. The summed E-state index contributed by atoms with van der Waals surface area (Å²) in [5, 5.41) is 11.6. The highest BCUT2D eigenvalue weighted by Crippen LogP contribution is 2.44. The number of halogens is 2. The number of nitro groups is 1. The molecule has 0 aromatic heterocycles. The van der Waals surface area contributed by atoms with E-state index >= 15 is 0 Å². The van der Waals surface area contributed by atoms with Crippen molar-refractivity contribution < 1.29 is 19.1 Å². The molecular weight excluding hydrogens is 458 g/mol. The molecule has 0 amide bonds. The lowest BCUT2D eigenvalue weighted by atomic mass is 10.0. The van der Waals surface area contributed by atoms with E-state index in [1.54, 1.807) is 24.3 Å². The molecule has 8 heteroatoms. The van der Waals surface area contributed by atoms with Gasteiger partial charge in [0.1, 0.15) is 5.75 Å². The second-order valence-electron chi connectivity index (χ2n) is 5.24. The van der Waals surface area contributed by atoms with Gasteiger partial charge in [-0.25, -0.2) is 0 Å². The average molecular weight is 471 g/mol. The van der Waals surface area contributed by atoms with Gasteiger partial charge < -0.3 is 14.2 Å². The van der Waals surface area contributed by atoms with Crippen molar-refractivity contribution in [2.45, 2.75) is 6.10 Å². The molecule has 1 unspecified atom stereocenters. The van der Waals surface area contributed by atoms with E-state index in [4.69, 9.17) is 14.2 Å². The fourth-order valence-corrected chi connectivity index (χ4v) is 3.98. The molecule has 0 fully saturated rings. The van der Waals surface area contributed by atoms with Crippen LogP contribution in [0.1, 0.15) is 17.2 Å². The fraction of sp³-hybridized carbons (Fsp3) is 0.176. The second-order valence-corrected chi connectivity index (χ2v) is 7.01. The highest BCUT2D eigenvalue weighted by Gasteiger charge is 2.34. The summed E-state index contributed by atoms with van der Waals surface area (Å²) in [6, 6.07) is 8.70. The van der Waals surface area contributed by atoms with E-state index < -0.39 is 11.0 Å². The number of rotatable bonds is 4. The van der Waals surface area contributed by atoms with E-state index in [-0.39, 0.29) is 5.70 Å². The van der Waals surface area contributed by atoms with Gasteiger partial charge in [-0.05, 0) is 40.2 Å². The molecule has 0 saturated carbocycles. The SMILES string of the molecule is COc1ccc(C2Oc3c(Br)cc(Br)cc3C=C2[N+](=O)[O-])cc1OC. The van der Waals surface area contributed by atoms with Crippen molar-refractivity contribution in [2.24, 2.45) is 0 Å². The van der Waals surface area contributed by atoms with Crippen LogP contribution in [0.5, 0.6) is 17.2 Å². The summed E-state index contributed by atoms with van der Waals surface area (Å²) in [5.74, 6) is 1.57. The molecular formula is C17H13Br2NO5. The van der Waals surface area contributed by atoms with Gasteiger partial charge in [0, 0.05) is 21.7 Å². The molecule has 3 rings (SSSR count). The van der Waals surface area contributed by atoms with Gasteiger partial charge >= 0.3 is 0 Å². The third-order valence-corrected chi connectivity index (χ3v) is 4.81. The Labute approximate surface area is 160 Å². The van der Waals surface area contributed by atoms with Gasteiger partial charge in [0.25, 0.3) is 5.70 Å². The fourth-order valence-electron chi connectivity index (χ4n) is 2.63. The van der Waals surface area contributed by atoms with Crippen molar-refractivity contribution in [1.82, 2.24) is 0 Å². The van der Waals surface area contributed by atoms with E-state index in [0.717, 1.165) is 4.47 Å². The van der Waals surface area contributed by atoms with Crippen molar-refractivity contribution in [3.05, 3.63) is 66.2 Å². The smallest absolute Gasteiger partial charge is 0.291 e. The predicted octanol–water partition coefficient (Wildman–Crippen LogP) is 4.98. The largest absolute Gasteiger partial charge is 0.493 e. The number of hydrogen-bond acceptors (Lipinski definition) is 5. The Hall–Kier alpha value is -2.06. The molecule has 2 aromatic rings. The quantitative estimate of drug-likeness (QED) is 0.465. The van der Waals surface area contributed by atoms with Gasteiger partial charge in [0.05, 0.1) is 23.6 Å². The van der Waals surface area contributed by atoms with Crippen LogP contribution in [0, 0.1) is 10.1 Å². The Morgan fingerprint density at radius 1 is 1.12 bits per heavy atom. The first kappa shape index (κ1) is 17.8. The molecule has 25 heavy (non-hydrogen) atoms. The first-order chi connectivity index (χ1) is 11.9. The lowest BCUT2D eigenvalue weighted by Gasteiger charge is -2.24. The van der Waals surface area contributed by atoms with E-state index in [9.17, 15) is 10.1 Å². The van der Waals surface area contributed by atoms with Gasteiger partial charge in [0.15, 0.2) is 11.5 Å². The van der Waals surface area contributed by atoms with Crippen molar-refractivity contribution in [3.63, 3.8) is 0 Å². The summed E-state index contributed by atoms with van der Waals surface area (Å²) in [5.41, 5.74) is 1.18. The third-order valence-electron chi connectivity index (χ3n) is 3.77. The molecule has 1 aliphatic rings. The molecule has 6 nitrogen and oxygen atoms in total. The van der Waals surface area contributed by atoms with Crippen LogP contribution < -0.4 is 14.2 Å². The Morgan fingerprint density at radius 2 is 1.84 bits per heavy atom. The molecule has 0 aliphatic carbocycles. The van der Waals surface area contributed by atoms with Gasteiger partial charge in [-0.1, -0.05) is 22.0 Å². The highest BCUT2D eigenvalue weighted by atomic mass is 79.9. The number of benzene rings is 2. The Balaban J connectivity index is 2.12. The Kier molecular flexibility index (Phi) is 5.01. The van der Waals surface area contributed by atoms with Gasteiger partial charge in [-0.2, -0.15) is 0 Å².